The van der Waals surface area contributed by atoms with Crippen LogP contribution in [0.25, 0.3) is 27.7 Å². The van der Waals surface area contributed by atoms with Crippen LogP contribution in [-0.4, -0.2) is 39.7 Å². The first-order chi connectivity index (χ1) is 16.2. The molecule has 3 heterocycles. The second-order valence-electron chi connectivity index (χ2n) is 8.73. The standard InChI is InChI=1S/C24H24F3N5O2/c1-13-29-30-22-24(2,3)28-16-12-18(34-23(26)27)19(20(25)21(16)32(13)22)15-6-5-7-17-14(15)8-9-31(17)10-11-33-4/h5-9,12,23,28H,10-11H2,1-4H3. The maximum Gasteiger partial charge on any atom is 0.387 e. The number of rotatable bonds is 6. The second-order valence-corrected chi connectivity index (χ2v) is 8.73. The summed E-state index contributed by atoms with van der Waals surface area (Å²) in [6.45, 7) is 3.42. The van der Waals surface area contributed by atoms with E-state index in [1.807, 2.05) is 36.7 Å². The Morgan fingerprint density at radius 1 is 1.18 bits per heavy atom. The van der Waals surface area contributed by atoms with Gasteiger partial charge in [-0.3, -0.25) is 4.57 Å². The number of fused-ring (bicyclic) bond motifs is 4. The first-order valence-corrected chi connectivity index (χ1v) is 10.8. The van der Waals surface area contributed by atoms with Gasteiger partial charge in [-0.1, -0.05) is 12.1 Å². The van der Waals surface area contributed by atoms with Gasteiger partial charge in [0, 0.05) is 36.8 Å². The molecule has 0 fully saturated rings. The zero-order valence-electron chi connectivity index (χ0n) is 19.2. The minimum atomic E-state index is -3.12. The fraction of sp³-hybridized carbons (Fsp3) is 0.333. The summed E-state index contributed by atoms with van der Waals surface area (Å²) in [7, 11) is 1.62. The van der Waals surface area contributed by atoms with E-state index in [2.05, 4.69) is 15.5 Å². The van der Waals surface area contributed by atoms with E-state index in [1.54, 1.807) is 30.7 Å². The van der Waals surface area contributed by atoms with E-state index >= 15 is 4.39 Å². The summed E-state index contributed by atoms with van der Waals surface area (Å²) in [5, 5.41) is 12.3. The molecule has 1 aliphatic rings. The summed E-state index contributed by atoms with van der Waals surface area (Å²) in [4.78, 5) is 0. The third kappa shape index (κ3) is 3.40. The molecule has 0 saturated heterocycles. The lowest BCUT2D eigenvalue weighted by Crippen LogP contribution is -2.36. The highest BCUT2D eigenvalue weighted by atomic mass is 19.3. The van der Waals surface area contributed by atoms with Gasteiger partial charge >= 0.3 is 6.61 Å². The van der Waals surface area contributed by atoms with E-state index in [0.717, 1.165) is 5.52 Å². The van der Waals surface area contributed by atoms with E-state index in [4.69, 9.17) is 9.47 Å². The zero-order valence-corrected chi connectivity index (χ0v) is 19.2. The van der Waals surface area contributed by atoms with Gasteiger partial charge in [-0.2, -0.15) is 8.78 Å². The molecular weight excluding hydrogens is 447 g/mol. The topological polar surface area (TPSA) is 66.1 Å². The van der Waals surface area contributed by atoms with Crippen molar-refractivity contribution in [1.82, 2.24) is 19.3 Å². The zero-order chi connectivity index (χ0) is 24.2. The summed E-state index contributed by atoms with van der Waals surface area (Å²) in [6.07, 6.45) is 1.86. The van der Waals surface area contributed by atoms with Crippen molar-refractivity contribution in [1.29, 1.82) is 0 Å². The Balaban J connectivity index is 1.80. The highest BCUT2D eigenvalue weighted by Crippen LogP contribution is 2.47. The molecule has 178 valence electrons. The maximum atomic E-state index is 16.4. The Bertz CT molecular complexity index is 1390. The summed E-state index contributed by atoms with van der Waals surface area (Å²) >= 11 is 0. The predicted octanol–water partition coefficient (Wildman–Crippen LogP) is 5.24. The molecule has 0 radical (unpaired) electrons. The smallest absolute Gasteiger partial charge is 0.387 e. The first-order valence-electron chi connectivity index (χ1n) is 10.8. The Hall–Kier alpha value is -3.53. The number of nitrogens with zero attached hydrogens (tertiary/aromatic N) is 4. The molecule has 0 spiro atoms. The van der Waals surface area contributed by atoms with Gasteiger partial charge < -0.3 is 19.4 Å². The van der Waals surface area contributed by atoms with E-state index < -0.39 is 18.0 Å². The van der Waals surface area contributed by atoms with Crippen molar-refractivity contribution >= 4 is 16.6 Å². The van der Waals surface area contributed by atoms with Gasteiger partial charge in [0.1, 0.15) is 17.3 Å². The molecule has 4 aromatic rings. The monoisotopic (exact) mass is 471 g/mol. The van der Waals surface area contributed by atoms with Gasteiger partial charge in [0.2, 0.25) is 0 Å². The highest BCUT2D eigenvalue weighted by molar-refractivity contribution is 5.98. The molecule has 0 saturated carbocycles. The number of ether oxygens (including phenoxy) is 2. The van der Waals surface area contributed by atoms with Crippen molar-refractivity contribution in [3.8, 4) is 22.6 Å². The molecule has 34 heavy (non-hydrogen) atoms. The van der Waals surface area contributed by atoms with Crippen LogP contribution in [0.4, 0.5) is 18.9 Å². The Labute approximate surface area is 194 Å². The van der Waals surface area contributed by atoms with Crippen LogP contribution in [-0.2, 0) is 16.8 Å². The number of alkyl halides is 2. The van der Waals surface area contributed by atoms with E-state index in [1.165, 1.54) is 6.07 Å². The fourth-order valence-corrected chi connectivity index (χ4v) is 4.62. The summed E-state index contributed by atoms with van der Waals surface area (Å²) in [6, 6.07) is 8.62. The van der Waals surface area contributed by atoms with Gasteiger partial charge in [0.25, 0.3) is 0 Å². The molecule has 0 unspecified atom stereocenters. The average Bonchev–Trinajstić information content (AvgIpc) is 3.36. The molecule has 0 bridgehead atoms. The van der Waals surface area contributed by atoms with Crippen LogP contribution in [0.2, 0.25) is 0 Å². The normalized spacial score (nSPS) is 14.2. The number of aromatic nitrogens is 4. The number of benzene rings is 2. The number of halogens is 3. The van der Waals surface area contributed by atoms with Crippen molar-refractivity contribution in [3.63, 3.8) is 0 Å². The number of methoxy groups -OCH3 is 1. The number of hydrogen-bond acceptors (Lipinski definition) is 5. The summed E-state index contributed by atoms with van der Waals surface area (Å²) in [5.41, 5.74) is 1.01. The fourth-order valence-electron chi connectivity index (χ4n) is 4.62. The molecule has 2 aromatic heterocycles. The number of aryl methyl sites for hydroxylation is 1. The molecule has 1 N–H and O–H groups in total. The minimum absolute atomic E-state index is 0.0466. The van der Waals surface area contributed by atoms with Crippen LogP contribution in [0.5, 0.6) is 5.75 Å². The molecule has 0 aliphatic carbocycles. The molecule has 10 heteroatoms. The second kappa shape index (κ2) is 8.05. The van der Waals surface area contributed by atoms with Crippen LogP contribution in [0.3, 0.4) is 0 Å². The Kier molecular flexibility index (Phi) is 5.27. The van der Waals surface area contributed by atoms with Crippen LogP contribution in [0.1, 0.15) is 25.5 Å². The minimum Gasteiger partial charge on any atom is -0.434 e. The van der Waals surface area contributed by atoms with Crippen molar-refractivity contribution in [3.05, 3.63) is 54.0 Å². The maximum absolute atomic E-state index is 16.4. The SMILES string of the molecule is COCCn1ccc2c(-c3c(OC(F)F)cc4c(c3F)-n3c(C)nnc3C(C)(C)N4)cccc21. The number of anilines is 1. The molecule has 5 rings (SSSR count). The van der Waals surface area contributed by atoms with Gasteiger partial charge in [-0.05, 0) is 38.5 Å². The van der Waals surface area contributed by atoms with E-state index in [9.17, 15) is 8.78 Å². The van der Waals surface area contributed by atoms with Crippen LogP contribution in [0, 0.1) is 12.7 Å². The predicted molar refractivity (Wildman–Crippen MR) is 122 cm³/mol. The Morgan fingerprint density at radius 2 is 1.97 bits per heavy atom. The molecule has 2 aromatic carbocycles. The summed E-state index contributed by atoms with van der Waals surface area (Å²) < 4.78 is 56.9. The third-order valence-corrected chi connectivity index (χ3v) is 6.09. The highest BCUT2D eigenvalue weighted by Gasteiger charge is 2.38. The molecular formula is C24H24F3N5O2. The molecule has 7 nitrogen and oxygen atoms in total. The van der Waals surface area contributed by atoms with Crippen molar-refractivity contribution in [2.75, 3.05) is 19.0 Å². The van der Waals surface area contributed by atoms with Crippen molar-refractivity contribution in [2.24, 2.45) is 0 Å². The van der Waals surface area contributed by atoms with E-state index in [-0.39, 0.29) is 17.0 Å². The van der Waals surface area contributed by atoms with Gasteiger partial charge in [0.05, 0.1) is 23.4 Å². The molecule has 0 amide bonds. The van der Waals surface area contributed by atoms with Crippen LogP contribution in [0.15, 0.2) is 36.5 Å². The van der Waals surface area contributed by atoms with Crippen LogP contribution < -0.4 is 10.1 Å². The van der Waals surface area contributed by atoms with E-state index in [0.29, 0.717) is 41.4 Å². The van der Waals surface area contributed by atoms with Gasteiger partial charge in [-0.15, -0.1) is 10.2 Å². The Morgan fingerprint density at radius 3 is 2.71 bits per heavy atom. The lowest BCUT2D eigenvalue weighted by Gasteiger charge is -2.34. The quantitative estimate of drug-likeness (QED) is 0.416. The third-order valence-electron chi connectivity index (χ3n) is 6.09. The van der Waals surface area contributed by atoms with Crippen LogP contribution >= 0.6 is 0 Å². The van der Waals surface area contributed by atoms with Gasteiger partial charge in [0.15, 0.2) is 11.6 Å². The van der Waals surface area contributed by atoms with Crippen molar-refractivity contribution < 1.29 is 22.6 Å². The number of nitrogens with one attached hydrogen (secondary N) is 1. The lowest BCUT2D eigenvalue weighted by atomic mass is 9.95. The largest absolute Gasteiger partial charge is 0.434 e. The first kappa shape index (κ1) is 22.3. The average molecular weight is 471 g/mol. The summed E-state index contributed by atoms with van der Waals surface area (Å²) in [5.74, 6) is 0.0641. The molecule has 1 aliphatic heterocycles. The van der Waals surface area contributed by atoms with Crippen molar-refractivity contribution in [2.45, 2.75) is 39.5 Å². The van der Waals surface area contributed by atoms with Gasteiger partial charge in [-0.25, -0.2) is 4.39 Å². The lowest BCUT2D eigenvalue weighted by molar-refractivity contribution is -0.0495. The molecule has 0 atom stereocenters. The number of hydrogen-bond donors (Lipinski definition) is 1.